The van der Waals surface area contributed by atoms with Crippen LogP contribution in [0.3, 0.4) is 0 Å². The zero-order valence-corrected chi connectivity index (χ0v) is 7.97. The first kappa shape index (κ1) is 9.10. The molecule has 82 valence electrons. The largest absolute Gasteiger partial charge is 0.476 e. The number of H-pyrrole nitrogens is 1. The maximum Gasteiger partial charge on any atom is 0.358 e. The summed E-state index contributed by atoms with van der Waals surface area (Å²) in [5, 5.41) is 22.2. The molecule has 1 aliphatic carbocycles. The standard InChI is InChI=1S/C9H7N3O4/c13-4-1-3-6(11-2-10-3)8-5(4)7(9(14)15)12-16-8/h2,4,13H,1H2,(H,10,11)(H,14,15). The van der Waals surface area contributed by atoms with Crippen molar-refractivity contribution in [3.8, 4) is 11.5 Å². The maximum atomic E-state index is 10.9. The minimum absolute atomic E-state index is 0.201. The van der Waals surface area contributed by atoms with Gasteiger partial charge in [-0.25, -0.2) is 9.78 Å². The summed E-state index contributed by atoms with van der Waals surface area (Å²) in [5.41, 5.74) is 1.18. The third kappa shape index (κ3) is 1.03. The quantitative estimate of drug-likeness (QED) is 0.640. The molecule has 0 fully saturated rings. The Kier molecular flexibility index (Phi) is 1.66. The van der Waals surface area contributed by atoms with Crippen LogP contribution in [0.1, 0.15) is 27.8 Å². The zero-order valence-electron chi connectivity index (χ0n) is 7.97. The molecule has 16 heavy (non-hydrogen) atoms. The highest BCUT2D eigenvalue weighted by Crippen LogP contribution is 2.38. The smallest absolute Gasteiger partial charge is 0.358 e. The lowest BCUT2D eigenvalue weighted by molar-refractivity contribution is 0.0678. The van der Waals surface area contributed by atoms with Crippen molar-refractivity contribution in [1.29, 1.82) is 0 Å². The summed E-state index contributed by atoms with van der Waals surface area (Å²) in [6, 6.07) is 0. The highest BCUT2D eigenvalue weighted by molar-refractivity contribution is 5.89. The fourth-order valence-electron chi connectivity index (χ4n) is 1.90. The van der Waals surface area contributed by atoms with E-state index in [4.69, 9.17) is 9.63 Å². The van der Waals surface area contributed by atoms with Gasteiger partial charge in [-0.05, 0) is 0 Å². The molecule has 2 aromatic heterocycles. The summed E-state index contributed by atoms with van der Waals surface area (Å²) in [4.78, 5) is 17.7. The molecule has 1 aliphatic rings. The number of aromatic nitrogens is 3. The highest BCUT2D eigenvalue weighted by Gasteiger charge is 2.34. The van der Waals surface area contributed by atoms with Gasteiger partial charge >= 0.3 is 5.97 Å². The Labute approximate surface area is 88.7 Å². The third-order valence-electron chi connectivity index (χ3n) is 2.59. The molecule has 0 aromatic carbocycles. The number of rotatable bonds is 1. The fourth-order valence-corrected chi connectivity index (χ4v) is 1.90. The molecule has 7 heteroatoms. The van der Waals surface area contributed by atoms with Crippen molar-refractivity contribution in [3.05, 3.63) is 23.3 Å². The molecule has 0 bridgehead atoms. The van der Waals surface area contributed by atoms with Crippen LogP contribution in [-0.2, 0) is 6.42 Å². The summed E-state index contributed by atoms with van der Waals surface area (Å²) >= 11 is 0. The van der Waals surface area contributed by atoms with Gasteiger partial charge in [-0.15, -0.1) is 0 Å². The highest BCUT2D eigenvalue weighted by atomic mass is 16.5. The Hall–Kier alpha value is -2.15. The van der Waals surface area contributed by atoms with Gasteiger partial charge in [0, 0.05) is 12.1 Å². The van der Waals surface area contributed by atoms with Crippen molar-refractivity contribution in [2.24, 2.45) is 0 Å². The van der Waals surface area contributed by atoms with E-state index in [0.29, 0.717) is 11.4 Å². The first-order chi connectivity index (χ1) is 7.68. The van der Waals surface area contributed by atoms with Gasteiger partial charge in [-0.1, -0.05) is 5.16 Å². The zero-order chi connectivity index (χ0) is 11.3. The number of aliphatic hydroxyl groups is 1. The number of aromatic carboxylic acids is 1. The molecule has 0 saturated carbocycles. The molecular weight excluding hydrogens is 214 g/mol. The number of aromatic amines is 1. The molecule has 2 heterocycles. The number of fused-ring (bicyclic) bond motifs is 3. The maximum absolute atomic E-state index is 10.9. The minimum Gasteiger partial charge on any atom is -0.476 e. The SMILES string of the molecule is O=C(O)c1noc2c1C(O)Cc1[nH]cnc1-2. The van der Waals surface area contributed by atoms with Crippen LogP contribution < -0.4 is 0 Å². The second kappa shape index (κ2) is 2.92. The average Bonchev–Trinajstić information content (AvgIpc) is 2.80. The van der Waals surface area contributed by atoms with Crippen molar-refractivity contribution in [2.75, 3.05) is 0 Å². The van der Waals surface area contributed by atoms with Crippen LogP contribution in [0, 0.1) is 0 Å². The number of nitrogens with one attached hydrogen (secondary N) is 1. The summed E-state index contributed by atoms with van der Waals surface area (Å²) < 4.78 is 4.93. The summed E-state index contributed by atoms with van der Waals surface area (Å²) in [6.07, 6.45) is 0.819. The van der Waals surface area contributed by atoms with Crippen molar-refractivity contribution in [1.82, 2.24) is 15.1 Å². The van der Waals surface area contributed by atoms with Gasteiger partial charge in [0.1, 0.15) is 5.69 Å². The molecule has 7 nitrogen and oxygen atoms in total. The number of carbonyl (C=O) groups is 1. The van der Waals surface area contributed by atoms with Crippen LogP contribution in [0.25, 0.3) is 11.5 Å². The van der Waals surface area contributed by atoms with E-state index in [2.05, 4.69) is 15.1 Å². The first-order valence-corrected chi connectivity index (χ1v) is 4.62. The summed E-state index contributed by atoms with van der Waals surface area (Å²) in [7, 11) is 0. The summed E-state index contributed by atoms with van der Waals surface area (Å²) in [6.45, 7) is 0. The topological polar surface area (TPSA) is 112 Å². The van der Waals surface area contributed by atoms with Crippen LogP contribution >= 0.6 is 0 Å². The van der Waals surface area contributed by atoms with Crippen LogP contribution in [0.15, 0.2) is 10.9 Å². The van der Waals surface area contributed by atoms with Crippen LogP contribution in [0.5, 0.6) is 0 Å². The van der Waals surface area contributed by atoms with E-state index in [1.165, 1.54) is 6.33 Å². The van der Waals surface area contributed by atoms with E-state index in [1.807, 2.05) is 0 Å². The minimum atomic E-state index is -1.22. The lowest BCUT2D eigenvalue weighted by atomic mass is 9.94. The number of carboxylic acids is 1. The van der Waals surface area contributed by atoms with Crippen LogP contribution in [-0.4, -0.2) is 31.3 Å². The van der Waals surface area contributed by atoms with Crippen molar-refractivity contribution < 1.29 is 19.5 Å². The van der Waals surface area contributed by atoms with Crippen molar-refractivity contribution in [2.45, 2.75) is 12.5 Å². The molecule has 0 saturated heterocycles. The molecule has 0 radical (unpaired) electrons. The van der Waals surface area contributed by atoms with E-state index in [0.717, 1.165) is 0 Å². The van der Waals surface area contributed by atoms with Crippen molar-refractivity contribution >= 4 is 5.97 Å². The lowest BCUT2D eigenvalue weighted by Crippen LogP contribution is -2.13. The molecule has 1 unspecified atom stereocenters. The Morgan fingerprint density at radius 2 is 2.44 bits per heavy atom. The lowest BCUT2D eigenvalue weighted by Gasteiger charge is -2.15. The van der Waals surface area contributed by atoms with E-state index in [-0.39, 0.29) is 23.4 Å². The molecule has 1 atom stereocenters. The summed E-state index contributed by atoms with van der Waals surface area (Å²) in [5.74, 6) is -0.990. The van der Waals surface area contributed by atoms with Gasteiger partial charge in [0.2, 0.25) is 0 Å². The Bertz CT molecular complexity index is 571. The normalized spacial score (nSPS) is 17.9. The molecule has 0 amide bonds. The van der Waals surface area contributed by atoms with Gasteiger partial charge in [0.15, 0.2) is 11.5 Å². The number of carboxylic acid groups (broad SMARTS) is 1. The predicted octanol–water partition coefficient (Wildman–Crippen LogP) is 0.352. The second-order valence-corrected chi connectivity index (χ2v) is 3.53. The van der Waals surface area contributed by atoms with Crippen LogP contribution in [0.2, 0.25) is 0 Å². The molecular formula is C9H7N3O4. The van der Waals surface area contributed by atoms with Gasteiger partial charge in [0.25, 0.3) is 0 Å². The molecule has 2 aromatic rings. The first-order valence-electron chi connectivity index (χ1n) is 4.62. The van der Waals surface area contributed by atoms with Gasteiger partial charge in [-0.3, -0.25) is 0 Å². The number of hydrogen-bond donors (Lipinski definition) is 3. The van der Waals surface area contributed by atoms with Gasteiger partial charge in [-0.2, -0.15) is 0 Å². The van der Waals surface area contributed by atoms with E-state index in [9.17, 15) is 9.90 Å². The van der Waals surface area contributed by atoms with E-state index >= 15 is 0 Å². The van der Waals surface area contributed by atoms with E-state index in [1.54, 1.807) is 0 Å². The van der Waals surface area contributed by atoms with Gasteiger partial charge < -0.3 is 19.7 Å². The van der Waals surface area contributed by atoms with E-state index < -0.39 is 12.1 Å². The van der Waals surface area contributed by atoms with Gasteiger partial charge in [0.05, 0.1) is 18.0 Å². The third-order valence-corrected chi connectivity index (χ3v) is 2.59. The Morgan fingerprint density at radius 1 is 1.62 bits per heavy atom. The monoisotopic (exact) mass is 221 g/mol. The number of aliphatic hydroxyl groups excluding tert-OH is 1. The second-order valence-electron chi connectivity index (χ2n) is 3.53. The Morgan fingerprint density at radius 3 is 3.19 bits per heavy atom. The predicted molar refractivity (Wildman–Crippen MR) is 49.7 cm³/mol. The Balaban J connectivity index is 2.27. The number of nitrogens with zero attached hydrogens (tertiary/aromatic N) is 2. The van der Waals surface area contributed by atoms with Crippen LogP contribution in [0.4, 0.5) is 0 Å². The number of hydrogen-bond acceptors (Lipinski definition) is 5. The number of imidazole rings is 1. The molecule has 3 rings (SSSR count). The van der Waals surface area contributed by atoms with Crippen molar-refractivity contribution in [3.63, 3.8) is 0 Å². The molecule has 3 N–H and O–H groups in total. The average molecular weight is 221 g/mol. The molecule has 0 aliphatic heterocycles. The molecule has 0 spiro atoms. The fraction of sp³-hybridized carbons (Fsp3) is 0.222.